The van der Waals surface area contributed by atoms with Gasteiger partial charge in [0.25, 0.3) is 0 Å². The summed E-state index contributed by atoms with van der Waals surface area (Å²) in [6.45, 7) is 14.4. The van der Waals surface area contributed by atoms with Crippen LogP contribution < -0.4 is 56.0 Å². The molecule has 0 aliphatic rings. The van der Waals surface area contributed by atoms with Crippen LogP contribution >= 0.6 is 0 Å². The zero-order chi connectivity index (χ0) is 11.9. The molecule has 0 radical (unpaired) electrons. The first-order valence-electron chi connectivity index (χ1n) is 6.86. The van der Waals surface area contributed by atoms with Crippen molar-refractivity contribution in [3.8, 4) is 0 Å². The van der Waals surface area contributed by atoms with E-state index >= 15 is 0 Å². The van der Waals surface area contributed by atoms with Gasteiger partial charge in [-0.1, -0.05) is 41.5 Å². The van der Waals surface area contributed by atoms with Crippen molar-refractivity contribution in [2.75, 3.05) is 0 Å². The van der Waals surface area contributed by atoms with Crippen molar-refractivity contribution in [3.63, 3.8) is 0 Å². The predicted octanol–water partition coefficient (Wildman–Crippen LogP) is 1.70. The van der Waals surface area contributed by atoms with Crippen LogP contribution in [0.4, 0.5) is 0 Å². The van der Waals surface area contributed by atoms with Crippen molar-refractivity contribution in [1.82, 2.24) is 4.65 Å². The summed E-state index contributed by atoms with van der Waals surface area (Å²) in [5, 5.41) is 0. The van der Waals surface area contributed by atoms with Gasteiger partial charge in [0.05, 0.1) is 0 Å². The molecule has 0 heterocycles. The van der Waals surface area contributed by atoms with E-state index in [0.29, 0.717) is 0 Å². The molecule has 4 heteroatoms. The van der Waals surface area contributed by atoms with Gasteiger partial charge in [-0.3, -0.25) is 0 Å². The zero-order valence-corrected chi connectivity index (χ0v) is 17.9. The fraction of sp³-hybridized carbons (Fsp3) is 1.00. The van der Waals surface area contributed by atoms with E-state index in [1.807, 2.05) is 0 Å². The second-order valence-corrected chi connectivity index (χ2v) is 15.2. The quantitative estimate of drug-likeness (QED) is 0.670. The Labute approximate surface area is 150 Å². The minimum absolute atomic E-state index is 0. The monoisotopic (exact) mass is 285 g/mol. The minimum atomic E-state index is -1.10. The van der Waals surface area contributed by atoms with Gasteiger partial charge in [0.2, 0.25) is 0 Å². The fourth-order valence-corrected chi connectivity index (χ4v) is 14.3. The molecule has 0 saturated heterocycles. The van der Waals surface area contributed by atoms with E-state index in [0.717, 1.165) is 0 Å². The van der Waals surface area contributed by atoms with Crippen molar-refractivity contribution in [3.05, 3.63) is 0 Å². The van der Waals surface area contributed by atoms with Crippen molar-refractivity contribution in [2.45, 2.75) is 77.8 Å². The number of nitrogens with one attached hydrogen (secondary N) is 1. The Morgan fingerprint density at radius 2 is 0.812 bits per heavy atom. The number of rotatable bonds is 8. The molecule has 94 valence electrons. The maximum absolute atomic E-state index is 4.26. The molecule has 0 aromatic carbocycles. The average molecular weight is 286 g/mol. The molecule has 0 saturated carbocycles. The first-order valence-corrected chi connectivity index (χ1v) is 12.1. The third-order valence-corrected chi connectivity index (χ3v) is 17.0. The summed E-state index contributed by atoms with van der Waals surface area (Å²) < 4.78 is 4.26. The van der Waals surface area contributed by atoms with E-state index in [4.69, 9.17) is 0 Å². The van der Waals surface area contributed by atoms with E-state index in [-0.39, 0.29) is 52.8 Å². The van der Waals surface area contributed by atoms with Crippen molar-refractivity contribution in [1.29, 1.82) is 0 Å². The summed E-state index contributed by atoms with van der Waals surface area (Å²) in [5.41, 5.74) is 0. The number of hydrogen-bond donors (Lipinski definition) is 1. The normalized spacial score (nSPS) is 12.4. The molecule has 1 N–H and O–H groups in total. The van der Waals surface area contributed by atoms with Crippen LogP contribution in [-0.2, 0) is 0 Å². The van der Waals surface area contributed by atoms with Gasteiger partial charge in [-0.2, -0.15) is 0 Å². The molecule has 0 spiro atoms. The first kappa shape index (κ1) is 20.3. The molecule has 16 heavy (non-hydrogen) atoms. The zero-order valence-electron chi connectivity index (χ0n) is 13.7. The van der Waals surface area contributed by atoms with Crippen LogP contribution in [0.25, 0.3) is 0 Å². The van der Waals surface area contributed by atoms with Gasteiger partial charge in [0.15, 0.2) is 0 Å². The van der Waals surface area contributed by atoms with Crippen LogP contribution in [0.5, 0.6) is 0 Å². The Morgan fingerprint density at radius 1 is 0.625 bits per heavy atom. The van der Waals surface area contributed by atoms with Crippen LogP contribution in [-0.4, -0.2) is 16.5 Å². The summed E-state index contributed by atoms with van der Waals surface area (Å²) in [7, 11) is -2.21. The van der Waals surface area contributed by atoms with E-state index in [1.165, 1.54) is 36.3 Å². The molecule has 0 unspecified atom stereocenters. The van der Waals surface area contributed by atoms with Gasteiger partial charge in [-0.25, -0.2) is 0 Å². The largest absolute Gasteiger partial charge is 1.00 e. The standard InChI is InChI=1S/C12H31NSi2.K.H/c1-7-14(8-2,9-3)13-15(10-4,11-5)12-6;;/h13H,7-12H2,1-6H3;;/q;+1;-1. The number of hydrogen-bond acceptors (Lipinski definition) is 1. The molecule has 0 aromatic heterocycles. The Balaban J connectivity index is -0.000000980. The molecule has 0 bridgehead atoms. The van der Waals surface area contributed by atoms with Crippen molar-refractivity contribution in [2.24, 2.45) is 0 Å². The Bertz CT molecular complexity index is 139. The molecule has 0 aromatic rings. The van der Waals surface area contributed by atoms with E-state index in [9.17, 15) is 0 Å². The van der Waals surface area contributed by atoms with E-state index in [1.54, 1.807) is 0 Å². The molecule has 0 atom stereocenters. The Hall–Kier alpha value is 2.03. The smallest absolute Gasteiger partial charge is 1.00 e. The third kappa shape index (κ3) is 5.34. The van der Waals surface area contributed by atoms with Gasteiger partial charge in [-0.05, 0) is 36.3 Å². The topological polar surface area (TPSA) is 12.0 Å². The van der Waals surface area contributed by atoms with Crippen LogP contribution in [0.1, 0.15) is 43.0 Å². The summed E-state index contributed by atoms with van der Waals surface area (Å²) in [5.74, 6) is 0. The maximum atomic E-state index is 4.26. The van der Waals surface area contributed by atoms with Crippen molar-refractivity contribution < 1.29 is 52.8 Å². The summed E-state index contributed by atoms with van der Waals surface area (Å²) >= 11 is 0. The van der Waals surface area contributed by atoms with Crippen LogP contribution in [0.2, 0.25) is 36.3 Å². The SMILES string of the molecule is CC[Si](CC)(CC)N[Si](CC)(CC)CC.[H-].[K+]. The summed E-state index contributed by atoms with van der Waals surface area (Å²) in [4.78, 5) is 0. The van der Waals surface area contributed by atoms with E-state index < -0.39 is 16.5 Å². The molecule has 0 fully saturated rings. The average Bonchev–Trinajstić information content (AvgIpc) is 2.33. The second kappa shape index (κ2) is 9.89. The summed E-state index contributed by atoms with van der Waals surface area (Å²) in [6.07, 6.45) is 0. The Kier molecular flexibility index (Phi) is 12.6. The van der Waals surface area contributed by atoms with Crippen LogP contribution in [0.15, 0.2) is 0 Å². The molecule has 0 aliphatic carbocycles. The van der Waals surface area contributed by atoms with Gasteiger partial charge < -0.3 is 6.07 Å². The molecule has 1 nitrogen and oxygen atoms in total. The minimum Gasteiger partial charge on any atom is -1.00 e. The van der Waals surface area contributed by atoms with Gasteiger partial charge in [0, 0.05) is 0 Å². The molecule has 0 amide bonds. The molecular weight excluding hydrogens is 253 g/mol. The molecule has 0 aliphatic heterocycles. The summed E-state index contributed by atoms with van der Waals surface area (Å²) in [6, 6.07) is 8.47. The molecular formula is C12H32KNSi2. The van der Waals surface area contributed by atoms with Crippen LogP contribution in [0, 0.1) is 0 Å². The molecule has 0 rings (SSSR count). The van der Waals surface area contributed by atoms with Gasteiger partial charge in [-0.15, -0.1) is 0 Å². The van der Waals surface area contributed by atoms with Gasteiger partial charge in [0.1, 0.15) is 16.5 Å². The second-order valence-electron chi connectivity index (χ2n) is 4.81. The predicted molar refractivity (Wildman–Crippen MR) is 78.6 cm³/mol. The maximum Gasteiger partial charge on any atom is 1.00 e. The van der Waals surface area contributed by atoms with Crippen molar-refractivity contribution >= 4 is 16.5 Å². The van der Waals surface area contributed by atoms with Gasteiger partial charge >= 0.3 is 51.4 Å². The van der Waals surface area contributed by atoms with E-state index in [2.05, 4.69) is 46.2 Å². The first-order chi connectivity index (χ1) is 7.07. The third-order valence-electron chi connectivity index (χ3n) is 4.59. The van der Waals surface area contributed by atoms with Crippen LogP contribution in [0.3, 0.4) is 0 Å². The fourth-order valence-electron chi connectivity index (χ4n) is 2.59. The Morgan fingerprint density at radius 3 is 0.938 bits per heavy atom.